The van der Waals surface area contributed by atoms with Crippen molar-refractivity contribution in [3.8, 4) is 0 Å². The second-order valence-electron chi connectivity index (χ2n) is 7.16. The Hall–Kier alpha value is -2.80. The van der Waals surface area contributed by atoms with Gasteiger partial charge in [0.25, 0.3) is 5.91 Å². The highest BCUT2D eigenvalue weighted by molar-refractivity contribution is 5.98. The number of hydrogen-bond donors (Lipinski definition) is 1. The van der Waals surface area contributed by atoms with E-state index in [-0.39, 0.29) is 30.2 Å². The Morgan fingerprint density at radius 1 is 1.21 bits per heavy atom. The largest absolute Gasteiger partial charge is 0.376 e. The molecule has 1 saturated heterocycles. The van der Waals surface area contributed by atoms with Gasteiger partial charge in [-0.2, -0.15) is 0 Å². The minimum atomic E-state index is -0.320. The quantitative estimate of drug-likeness (QED) is 0.830. The second-order valence-corrected chi connectivity index (χ2v) is 7.16. The van der Waals surface area contributed by atoms with Crippen LogP contribution in [0, 0.1) is 20.8 Å². The van der Waals surface area contributed by atoms with Crippen molar-refractivity contribution in [2.24, 2.45) is 0 Å². The zero-order chi connectivity index (χ0) is 20.1. The first-order valence-electron chi connectivity index (χ1n) is 9.49. The first kappa shape index (κ1) is 19.9. The first-order valence-corrected chi connectivity index (χ1v) is 9.49. The molecule has 0 radical (unpaired) electrons. The summed E-state index contributed by atoms with van der Waals surface area (Å²) in [5.74, 6) is -0.570. The molecule has 1 N–H and O–H groups in total. The predicted molar refractivity (Wildman–Crippen MR) is 106 cm³/mol. The lowest BCUT2D eigenvalue weighted by Crippen LogP contribution is -2.42. The number of rotatable bonds is 6. The van der Waals surface area contributed by atoms with E-state index in [4.69, 9.17) is 4.74 Å². The van der Waals surface area contributed by atoms with Crippen LogP contribution in [-0.4, -0.2) is 52.5 Å². The number of aromatic nitrogens is 2. The van der Waals surface area contributed by atoms with Crippen molar-refractivity contribution in [2.75, 3.05) is 25.0 Å². The van der Waals surface area contributed by atoms with Crippen LogP contribution in [-0.2, 0) is 9.53 Å². The Labute approximate surface area is 165 Å². The van der Waals surface area contributed by atoms with Gasteiger partial charge in [-0.15, -0.1) is 0 Å². The smallest absolute Gasteiger partial charge is 0.274 e. The van der Waals surface area contributed by atoms with Crippen LogP contribution < -0.4 is 5.32 Å². The summed E-state index contributed by atoms with van der Waals surface area (Å²) in [6.07, 6.45) is 4.78. The molecule has 0 aliphatic carbocycles. The first-order chi connectivity index (χ1) is 13.4. The molecule has 0 bridgehead atoms. The molecule has 1 fully saturated rings. The highest BCUT2D eigenvalue weighted by Gasteiger charge is 2.26. The summed E-state index contributed by atoms with van der Waals surface area (Å²) in [4.78, 5) is 35.4. The van der Waals surface area contributed by atoms with Gasteiger partial charge in [0.15, 0.2) is 0 Å². The molecule has 28 heavy (non-hydrogen) atoms. The molecule has 2 heterocycles. The summed E-state index contributed by atoms with van der Waals surface area (Å²) >= 11 is 0. The van der Waals surface area contributed by atoms with Gasteiger partial charge in [-0.1, -0.05) is 12.1 Å². The van der Waals surface area contributed by atoms with Crippen molar-refractivity contribution in [1.29, 1.82) is 0 Å². The van der Waals surface area contributed by atoms with Crippen LogP contribution in [0.5, 0.6) is 0 Å². The number of ether oxygens (including phenoxy) is 1. The highest BCUT2D eigenvalue weighted by atomic mass is 16.5. The number of nitrogens with one attached hydrogen (secondary N) is 1. The summed E-state index contributed by atoms with van der Waals surface area (Å²) in [6, 6.07) is 5.75. The van der Waals surface area contributed by atoms with Gasteiger partial charge >= 0.3 is 0 Å². The van der Waals surface area contributed by atoms with Gasteiger partial charge < -0.3 is 15.0 Å². The molecule has 2 amide bonds. The maximum atomic E-state index is 12.9. The van der Waals surface area contributed by atoms with Crippen LogP contribution in [0.4, 0.5) is 5.69 Å². The Balaban J connectivity index is 1.74. The van der Waals surface area contributed by atoms with E-state index in [1.165, 1.54) is 11.1 Å². The monoisotopic (exact) mass is 382 g/mol. The van der Waals surface area contributed by atoms with E-state index in [2.05, 4.69) is 15.3 Å². The van der Waals surface area contributed by atoms with E-state index < -0.39 is 0 Å². The fraction of sp³-hybridized carbons (Fsp3) is 0.429. The molecule has 148 valence electrons. The highest BCUT2D eigenvalue weighted by Crippen LogP contribution is 2.19. The molecule has 1 aromatic carbocycles. The minimum Gasteiger partial charge on any atom is -0.376 e. The van der Waals surface area contributed by atoms with E-state index in [1.807, 2.05) is 39.0 Å². The second kappa shape index (κ2) is 8.93. The maximum absolute atomic E-state index is 12.9. The van der Waals surface area contributed by atoms with Crippen molar-refractivity contribution in [3.63, 3.8) is 0 Å². The molecule has 1 atom stereocenters. The van der Waals surface area contributed by atoms with Crippen LogP contribution in [0.15, 0.2) is 30.6 Å². The topological polar surface area (TPSA) is 84.4 Å². The summed E-state index contributed by atoms with van der Waals surface area (Å²) in [6.45, 7) is 6.74. The number of carbonyl (C=O) groups is 2. The lowest BCUT2D eigenvalue weighted by atomic mass is 10.1. The molecular weight excluding hydrogens is 356 g/mol. The molecule has 1 aromatic heterocycles. The third kappa shape index (κ3) is 4.92. The molecule has 7 heteroatoms. The normalized spacial score (nSPS) is 16.0. The Bertz CT molecular complexity index is 845. The average molecular weight is 382 g/mol. The fourth-order valence-corrected chi connectivity index (χ4v) is 3.17. The molecule has 3 rings (SSSR count). The van der Waals surface area contributed by atoms with Crippen molar-refractivity contribution in [3.05, 3.63) is 53.1 Å². The van der Waals surface area contributed by atoms with Crippen LogP contribution in [0.1, 0.15) is 40.2 Å². The van der Waals surface area contributed by atoms with Crippen LogP contribution >= 0.6 is 0 Å². The molecule has 2 aromatic rings. The van der Waals surface area contributed by atoms with E-state index in [9.17, 15) is 9.59 Å². The Kier molecular flexibility index (Phi) is 6.36. The summed E-state index contributed by atoms with van der Waals surface area (Å²) in [5.41, 5.74) is 3.82. The molecule has 0 saturated carbocycles. The van der Waals surface area contributed by atoms with Crippen molar-refractivity contribution < 1.29 is 14.3 Å². The number of amides is 2. The lowest BCUT2D eigenvalue weighted by Gasteiger charge is -2.25. The number of carbonyl (C=O) groups excluding carboxylic acids is 2. The molecular formula is C21H26N4O3. The van der Waals surface area contributed by atoms with E-state index in [0.29, 0.717) is 13.2 Å². The number of benzene rings is 1. The molecule has 7 nitrogen and oxygen atoms in total. The van der Waals surface area contributed by atoms with Crippen molar-refractivity contribution in [2.45, 2.75) is 39.7 Å². The van der Waals surface area contributed by atoms with Crippen molar-refractivity contribution >= 4 is 17.5 Å². The van der Waals surface area contributed by atoms with Gasteiger partial charge in [-0.3, -0.25) is 14.6 Å². The van der Waals surface area contributed by atoms with Crippen LogP contribution in [0.2, 0.25) is 0 Å². The van der Waals surface area contributed by atoms with Gasteiger partial charge in [-0.05, 0) is 50.8 Å². The number of anilines is 1. The Morgan fingerprint density at radius 2 is 2.04 bits per heavy atom. The predicted octanol–water partition coefficient (Wildman–Crippen LogP) is 2.66. The van der Waals surface area contributed by atoms with E-state index in [1.54, 1.807) is 6.20 Å². The SMILES string of the molecule is Cc1cnc(C(=O)N(CC(=O)Nc2cccc(C)c2C)C[C@H]2CCCO2)cn1. The summed E-state index contributed by atoms with van der Waals surface area (Å²) < 4.78 is 5.66. The molecule has 1 aliphatic rings. The van der Waals surface area contributed by atoms with E-state index in [0.717, 1.165) is 35.3 Å². The summed E-state index contributed by atoms with van der Waals surface area (Å²) in [5, 5.41) is 2.91. The number of nitrogens with zero attached hydrogens (tertiary/aromatic N) is 3. The van der Waals surface area contributed by atoms with Crippen LogP contribution in [0.25, 0.3) is 0 Å². The zero-order valence-corrected chi connectivity index (χ0v) is 16.6. The van der Waals surface area contributed by atoms with Crippen LogP contribution in [0.3, 0.4) is 0 Å². The third-order valence-electron chi connectivity index (χ3n) is 4.95. The number of hydrogen-bond acceptors (Lipinski definition) is 5. The lowest BCUT2D eigenvalue weighted by molar-refractivity contribution is -0.117. The Morgan fingerprint density at radius 3 is 2.71 bits per heavy atom. The third-order valence-corrected chi connectivity index (χ3v) is 4.95. The van der Waals surface area contributed by atoms with Gasteiger partial charge in [-0.25, -0.2) is 4.98 Å². The van der Waals surface area contributed by atoms with Crippen molar-refractivity contribution in [1.82, 2.24) is 14.9 Å². The molecule has 1 aliphatic heterocycles. The molecule has 0 spiro atoms. The maximum Gasteiger partial charge on any atom is 0.274 e. The fourth-order valence-electron chi connectivity index (χ4n) is 3.17. The van der Waals surface area contributed by atoms with E-state index >= 15 is 0 Å². The standard InChI is InChI=1S/C21H26N4O3/c1-14-6-4-8-18(16(14)3)24-20(26)13-25(12-17-7-5-9-28-17)21(27)19-11-22-15(2)10-23-19/h4,6,8,10-11,17H,5,7,9,12-13H2,1-3H3,(H,24,26)/t17-/m1/s1. The van der Waals surface area contributed by atoms with Gasteiger partial charge in [0.2, 0.25) is 5.91 Å². The zero-order valence-electron chi connectivity index (χ0n) is 16.6. The number of aryl methyl sites for hydroxylation is 2. The summed E-state index contributed by atoms with van der Waals surface area (Å²) in [7, 11) is 0. The van der Waals surface area contributed by atoms with Gasteiger partial charge in [0, 0.05) is 25.0 Å². The minimum absolute atomic E-state index is 0.0594. The van der Waals surface area contributed by atoms with Gasteiger partial charge in [0.1, 0.15) is 12.2 Å². The molecule has 0 unspecified atom stereocenters. The average Bonchev–Trinajstić information content (AvgIpc) is 3.18. The van der Waals surface area contributed by atoms with Gasteiger partial charge in [0.05, 0.1) is 18.0 Å².